The minimum atomic E-state index is -0.398. The smallest absolute Gasteiger partial charge is 0.340 e. The number of esters is 1. The number of hydrogen-bond donors (Lipinski definition) is 1. The highest BCUT2D eigenvalue weighted by Crippen LogP contribution is 2.25. The van der Waals surface area contributed by atoms with Crippen molar-refractivity contribution in [1.82, 2.24) is 0 Å². The highest BCUT2D eigenvalue weighted by Gasteiger charge is 2.22. The van der Waals surface area contributed by atoms with Gasteiger partial charge in [-0.1, -0.05) is 6.92 Å². The van der Waals surface area contributed by atoms with Gasteiger partial charge in [-0.3, -0.25) is 0 Å². The quantitative estimate of drug-likeness (QED) is 0.667. The first kappa shape index (κ1) is 15.6. The molecule has 5 nitrogen and oxygen atoms in total. The molecule has 1 atom stereocenters. The van der Waals surface area contributed by atoms with Crippen LogP contribution in [0.3, 0.4) is 0 Å². The summed E-state index contributed by atoms with van der Waals surface area (Å²) in [6.45, 7) is 4.73. The van der Waals surface area contributed by atoms with E-state index < -0.39 is 5.97 Å². The number of benzene rings is 1. The second kappa shape index (κ2) is 7.31. The Hall–Kier alpha value is -1.75. The molecule has 2 rings (SSSR count). The lowest BCUT2D eigenvalue weighted by Gasteiger charge is -2.34. The highest BCUT2D eigenvalue weighted by molar-refractivity contribution is 5.96. The fraction of sp³-hybridized carbons (Fsp3) is 0.562. The van der Waals surface area contributed by atoms with E-state index in [-0.39, 0.29) is 6.10 Å². The van der Waals surface area contributed by atoms with E-state index in [1.165, 1.54) is 7.11 Å². The van der Waals surface area contributed by atoms with Crippen molar-refractivity contribution in [2.75, 3.05) is 37.4 Å². The van der Waals surface area contributed by atoms with Gasteiger partial charge in [-0.15, -0.1) is 0 Å². The maximum absolute atomic E-state index is 11.7. The number of nitrogens with zero attached hydrogens (tertiary/aromatic N) is 1. The number of nitrogen functional groups attached to an aromatic ring is 1. The minimum absolute atomic E-state index is 0.262. The Morgan fingerprint density at radius 2 is 2.29 bits per heavy atom. The van der Waals surface area contributed by atoms with Gasteiger partial charge in [-0.25, -0.2) is 4.79 Å². The molecular formula is C16H24N2O3. The van der Waals surface area contributed by atoms with Crippen LogP contribution in [0.4, 0.5) is 11.4 Å². The van der Waals surface area contributed by atoms with Crippen LogP contribution in [-0.4, -0.2) is 38.9 Å². The zero-order valence-corrected chi connectivity index (χ0v) is 12.8. The molecule has 0 bridgehead atoms. The molecule has 1 unspecified atom stereocenters. The molecule has 0 aromatic heterocycles. The number of carbonyl (C=O) groups is 1. The fourth-order valence-electron chi connectivity index (χ4n) is 2.62. The second-order valence-corrected chi connectivity index (χ2v) is 5.34. The number of hydrogen-bond acceptors (Lipinski definition) is 5. The number of piperidine rings is 1. The van der Waals surface area contributed by atoms with Crippen LogP contribution in [0.15, 0.2) is 18.2 Å². The molecule has 0 saturated carbocycles. The standard InChI is InChI=1S/C16H24N2O3/c1-3-9-21-13-5-4-8-18(11-13)12-6-7-15(17)14(10-12)16(19)20-2/h6-7,10,13H,3-5,8-9,11,17H2,1-2H3. The van der Waals surface area contributed by atoms with Gasteiger partial charge < -0.3 is 20.1 Å². The average molecular weight is 292 g/mol. The van der Waals surface area contributed by atoms with Gasteiger partial charge in [0.15, 0.2) is 0 Å². The third-order valence-electron chi connectivity index (χ3n) is 3.74. The van der Waals surface area contributed by atoms with Crippen molar-refractivity contribution < 1.29 is 14.3 Å². The normalized spacial score (nSPS) is 18.6. The van der Waals surface area contributed by atoms with Gasteiger partial charge in [0, 0.05) is 31.1 Å². The summed E-state index contributed by atoms with van der Waals surface area (Å²) in [5.74, 6) is -0.398. The first-order valence-electron chi connectivity index (χ1n) is 7.50. The Morgan fingerprint density at radius 3 is 3.00 bits per heavy atom. The van der Waals surface area contributed by atoms with Crippen LogP contribution in [0.2, 0.25) is 0 Å². The maximum atomic E-state index is 11.7. The van der Waals surface area contributed by atoms with Crippen LogP contribution < -0.4 is 10.6 Å². The average Bonchev–Trinajstić information content (AvgIpc) is 2.53. The molecule has 1 aliphatic rings. The molecule has 2 N–H and O–H groups in total. The predicted molar refractivity (Wildman–Crippen MR) is 83.7 cm³/mol. The molecular weight excluding hydrogens is 268 g/mol. The third kappa shape index (κ3) is 3.88. The number of carbonyl (C=O) groups excluding carboxylic acids is 1. The van der Waals surface area contributed by atoms with Crippen molar-refractivity contribution in [3.05, 3.63) is 23.8 Å². The number of nitrogens with two attached hydrogens (primary N) is 1. The molecule has 1 aromatic carbocycles. The molecule has 21 heavy (non-hydrogen) atoms. The van der Waals surface area contributed by atoms with E-state index in [0.717, 1.165) is 44.6 Å². The van der Waals surface area contributed by atoms with Gasteiger partial charge in [0.25, 0.3) is 0 Å². The van der Waals surface area contributed by atoms with E-state index >= 15 is 0 Å². The molecule has 0 aliphatic carbocycles. The Morgan fingerprint density at radius 1 is 1.48 bits per heavy atom. The zero-order chi connectivity index (χ0) is 15.2. The molecule has 0 amide bonds. The Bertz CT molecular complexity index is 490. The van der Waals surface area contributed by atoms with Crippen LogP contribution in [0.1, 0.15) is 36.5 Å². The first-order chi connectivity index (χ1) is 10.2. The van der Waals surface area contributed by atoms with Crippen LogP contribution in [0, 0.1) is 0 Å². The summed E-state index contributed by atoms with van der Waals surface area (Å²) in [5, 5.41) is 0. The molecule has 0 radical (unpaired) electrons. The fourth-order valence-corrected chi connectivity index (χ4v) is 2.62. The van der Waals surface area contributed by atoms with E-state index in [2.05, 4.69) is 11.8 Å². The van der Waals surface area contributed by atoms with Gasteiger partial charge >= 0.3 is 5.97 Å². The van der Waals surface area contributed by atoms with E-state index in [9.17, 15) is 4.79 Å². The van der Waals surface area contributed by atoms with Crippen LogP contribution in [-0.2, 0) is 9.47 Å². The van der Waals surface area contributed by atoms with Crippen molar-refractivity contribution in [1.29, 1.82) is 0 Å². The SMILES string of the molecule is CCCOC1CCCN(c2ccc(N)c(C(=O)OC)c2)C1. The second-order valence-electron chi connectivity index (χ2n) is 5.34. The highest BCUT2D eigenvalue weighted by atomic mass is 16.5. The van der Waals surface area contributed by atoms with Crippen molar-refractivity contribution in [2.24, 2.45) is 0 Å². The van der Waals surface area contributed by atoms with E-state index in [1.807, 2.05) is 12.1 Å². The molecule has 5 heteroatoms. The lowest BCUT2D eigenvalue weighted by Crippen LogP contribution is -2.40. The van der Waals surface area contributed by atoms with Gasteiger partial charge in [0.05, 0.1) is 18.8 Å². The summed E-state index contributed by atoms with van der Waals surface area (Å²) in [6, 6.07) is 5.52. The minimum Gasteiger partial charge on any atom is -0.465 e. The molecule has 1 saturated heterocycles. The molecule has 1 aromatic rings. The van der Waals surface area contributed by atoms with Crippen LogP contribution in [0.25, 0.3) is 0 Å². The summed E-state index contributed by atoms with van der Waals surface area (Å²) in [5.41, 5.74) is 7.71. The van der Waals surface area contributed by atoms with Gasteiger partial charge in [-0.05, 0) is 37.5 Å². The largest absolute Gasteiger partial charge is 0.465 e. The topological polar surface area (TPSA) is 64.8 Å². The first-order valence-corrected chi connectivity index (χ1v) is 7.50. The summed E-state index contributed by atoms with van der Waals surface area (Å²) in [7, 11) is 1.37. The van der Waals surface area contributed by atoms with Crippen molar-refractivity contribution >= 4 is 17.3 Å². The van der Waals surface area contributed by atoms with Gasteiger partial charge in [0.2, 0.25) is 0 Å². The summed E-state index contributed by atoms with van der Waals surface area (Å²) < 4.78 is 10.6. The number of methoxy groups -OCH3 is 1. The Kier molecular flexibility index (Phi) is 5.44. The Labute approximate surface area is 126 Å². The van der Waals surface area contributed by atoms with Crippen LogP contribution >= 0.6 is 0 Å². The van der Waals surface area contributed by atoms with Gasteiger partial charge in [-0.2, -0.15) is 0 Å². The van der Waals surface area contributed by atoms with E-state index in [1.54, 1.807) is 6.07 Å². The van der Waals surface area contributed by atoms with E-state index in [0.29, 0.717) is 11.3 Å². The molecule has 1 fully saturated rings. The predicted octanol–water partition coefficient (Wildman–Crippen LogP) is 2.45. The summed E-state index contributed by atoms with van der Waals surface area (Å²) in [6.07, 6.45) is 3.48. The number of anilines is 2. The monoisotopic (exact) mass is 292 g/mol. The summed E-state index contributed by atoms with van der Waals surface area (Å²) >= 11 is 0. The lowest BCUT2D eigenvalue weighted by molar-refractivity contribution is 0.0440. The lowest BCUT2D eigenvalue weighted by atomic mass is 10.1. The summed E-state index contributed by atoms with van der Waals surface area (Å²) in [4.78, 5) is 14.0. The van der Waals surface area contributed by atoms with E-state index in [4.69, 9.17) is 15.2 Å². The zero-order valence-electron chi connectivity index (χ0n) is 12.8. The molecule has 1 aliphatic heterocycles. The number of rotatable bonds is 5. The van der Waals surface area contributed by atoms with Gasteiger partial charge in [0.1, 0.15) is 0 Å². The molecule has 1 heterocycles. The van der Waals surface area contributed by atoms with Crippen LogP contribution in [0.5, 0.6) is 0 Å². The number of ether oxygens (including phenoxy) is 2. The van der Waals surface area contributed by atoms with Crippen molar-refractivity contribution in [3.63, 3.8) is 0 Å². The molecule has 116 valence electrons. The van der Waals surface area contributed by atoms with Crippen molar-refractivity contribution in [2.45, 2.75) is 32.3 Å². The maximum Gasteiger partial charge on any atom is 0.340 e. The molecule has 0 spiro atoms. The third-order valence-corrected chi connectivity index (χ3v) is 3.74. The van der Waals surface area contributed by atoms with Crippen molar-refractivity contribution in [3.8, 4) is 0 Å². The Balaban J connectivity index is 2.12.